The topological polar surface area (TPSA) is 69.6 Å². The first-order valence-corrected chi connectivity index (χ1v) is 7.67. The van der Waals surface area contributed by atoms with Crippen LogP contribution < -0.4 is 5.32 Å². The molecule has 21 heavy (non-hydrogen) atoms. The monoisotopic (exact) mass is 296 g/mol. The summed E-state index contributed by atoms with van der Waals surface area (Å²) in [5.41, 5.74) is 1.58. The van der Waals surface area contributed by atoms with Crippen LogP contribution in [0.4, 0.5) is 4.79 Å². The minimum atomic E-state index is -0.780. The lowest BCUT2D eigenvalue weighted by Gasteiger charge is -2.32. The van der Waals surface area contributed by atoms with Crippen LogP contribution in [-0.4, -0.2) is 41.6 Å². The molecule has 0 aromatic carbocycles. The van der Waals surface area contributed by atoms with E-state index >= 15 is 0 Å². The Balaban J connectivity index is 2.29. The lowest BCUT2D eigenvalue weighted by Crippen LogP contribution is -2.43. The molecule has 120 valence electrons. The van der Waals surface area contributed by atoms with Crippen LogP contribution in [0.3, 0.4) is 0 Å². The SMILES string of the molecule is CC(CCCNC(=O)N1CC=C(C(C)(C)C)CC1)C(=O)O. The number of carbonyl (C=O) groups is 2. The predicted octanol–water partition coefficient (Wildman–Crippen LogP) is 2.88. The van der Waals surface area contributed by atoms with Crippen molar-refractivity contribution in [3.63, 3.8) is 0 Å². The number of hydrogen-bond donors (Lipinski definition) is 2. The molecule has 0 radical (unpaired) electrons. The van der Waals surface area contributed by atoms with Crippen molar-refractivity contribution in [2.75, 3.05) is 19.6 Å². The Kier molecular flexibility index (Phi) is 6.24. The van der Waals surface area contributed by atoms with Crippen molar-refractivity contribution < 1.29 is 14.7 Å². The second-order valence-electron chi connectivity index (χ2n) is 6.79. The van der Waals surface area contributed by atoms with E-state index in [9.17, 15) is 9.59 Å². The Labute approximate surface area is 127 Å². The fourth-order valence-electron chi connectivity index (χ4n) is 2.37. The van der Waals surface area contributed by atoms with Gasteiger partial charge in [-0.1, -0.05) is 39.3 Å². The molecule has 0 bridgehead atoms. The van der Waals surface area contributed by atoms with Crippen molar-refractivity contribution >= 4 is 12.0 Å². The first-order valence-electron chi connectivity index (χ1n) is 7.67. The minimum Gasteiger partial charge on any atom is -0.481 e. The van der Waals surface area contributed by atoms with Crippen LogP contribution in [0.5, 0.6) is 0 Å². The highest BCUT2D eigenvalue weighted by Gasteiger charge is 2.23. The van der Waals surface area contributed by atoms with E-state index in [0.717, 1.165) is 13.0 Å². The summed E-state index contributed by atoms with van der Waals surface area (Å²) in [6.45, 7) is 10.2. The molecule has 1 aliphatic rings. The third-order valence-corrected chi connectivity index (χ3v) is 3.97. The molecule has 1 atom stereocenters. The average molecular weight is 296 g/mol. The van der Waals surface area contributed by atoms with Gasteiger partial charge in [-0.25, -0.2) is 4.79 Å². The number of nitrogens with zero attached hydrogens (tertiary/aromatic N) is 1. The van der Waals surface area contributed by atoms with Crippen molar-refractivity contribution in [1.29, 1.82) is 0 Å². The molecule has 5 nitrogen and oxygen atoms in total. The molecule has 0 saturated carbocycles. The molecule has 2 amide bonds. The van der Waals surface area contributed by atoms with Crippen LogP contribution in [0.15, 0.2) is 11.6 Å². The van der Waals surface area contributed by atoms with E-state index in [1.807, 2.05) is 0 Å². The zero-order chi connectivity index (χ0) is 16.0. The van der Waals surface area contributed by atoms with Crippen LogP contribution in [0.1, 0.15) is 47.0 Å². The molecule has 0 spiro atoms. The largest absolute Gasteiger partial charge is 0.481 e. The molecule has 0 fully saturated rings. The van der Waals surface area contributed by atoms with Gasteiger partial charge >= 0.3 is 12.0 Å². The van der Waals surface area contributed by atoms with Gasteiger partial charge in [-0.3, -0.25) is 4.79 Å². The second-order valence-corrected chi connectivity index (χ2v) is 6.79. The number of carbonyl (C=O) groups excluding carboxylic acids is 1. The first-order chi connectivity index (χ1) is 9.71. The third kappa shape index (κ3) is 5.78. The van der Waals surface area contributed by atoms with E-state index in [-0.39, 0.29) is 17.4 Å². The fourth-order valence-corrected chi connectivity index (χ4v) is 2.37. The maximum Gasteiger partial charge on any atom is 0.317 e. The van der Waals surface area contributed by atoms with Gasteiger partial charge in [0.05, 0.1) is 5.92 Å². The van der Waals surface area contributed by atoms with Gasteiger partial charge in [-0.05, 0) is 24.7 Å². The molecule has 1 rings (SSSR count). The highest BCUT2D eigenvalue weighted by Crippen LogP contribution is 2.29. The Morgan fingerprint density at radius 3 is 2.57 bits per heavy atom. The van der Waals surface area contributed by atoms with Crippen LogP contribution in [0, 0.1) is 11.3 Å². The Bertz CT molecular complexity index is 410. The summed E-state index contributed by atoms with van der Waals surface area (Å²) in [6, 6.07) is -0.0535. The zero-order valence-electron chi connectivity index (χ0n) is 13.6. The van der Waals surface area contributed by atoms with E-state index in [1.165, 1.54) is 5.57 Å². The maximum absolute atomic E-state index is 12.0. The van der Waals surface area contributed by atoms with Gasteiger partial charge < -0.3 is 15.3 Å². The second kappa shape index (κ2) is 7.48. The molecule has 1 heterocycles. The summed E-state index contributed by atoms with van der Waals surface area (Å²) >= 11 is 0. The van der Waals surface area contributed by atoms with Gasteiger partial charge in [0, 0.05) is 19.6 Å². The highest BCUT2D eigenvalue weighted by atomic mass is 16.4. The number of hydrogen-bond acceptors (Lipinski definition) is 2. The lowest BCUT2D eigenvalue weighted by molar-refractivity contribution is -0.141. The number of amides is 2. The molecule has 0 aromatic heterocycles. The molecule has 5 heteroatoms. The summed E-state index contributed by atoms with van der Waals surface area (Å²) in [4.78, 5) is 24.5. The fraction of sp³-hybridized carbons (Fsp3) is 0.750. The van der Waals surface area contributed by atoms with Gasteiger partial charge in [-0.15, -0.1) is 0 Å². The standard InChI is InChI=1S/C16H28N2O3/c1-12(14(19)20)6-5-9-17-15(21)18-10-7-13(8-11-18)16(2,3)4/h7,12H,5-6,8-11H2,1-4H3,(H,17,21)(H,19,20). The van der Waals surface area contributed by atoms with E-state index in [1.54, 1.807) is 11.8 Å². The molecule has 1 unspecified atom stereocenters. The molecule has 0 saturated heterocycles. The molecule has 0 aliphatic carbocycles. The lowest BCUT2D eigenvalue weighted by atomic mass is 9.83. The van der Waals surface area contributed by atoms with Crippen molar-refractivity contribution in [2.45, 2.75) is 47.0 Å². The van der Waals surface area contributed by atoms with Gasteiger partial charge in [0.2, 0.25) is 0 Å². The maximum atomic E-state index is 12.0. The summed E-state index contributed by atoms with van der Waals surface area (Å²) in [5.74, 6) is -1.13. The van der Waals surface area contributed by atoms with Crippen LogP contribution in [0.25, 0.3) is 0 Å². The molecule has 0 aromatic rings. The summed E-state index contributed by atoms with van der Waals surface area (Å²) in [7, 11) is 0. The van der Waals surface area contributed by atoms with Crippen molar-refractivity contribution in [1.82, 2.24) is 10.2 Å². The normalized spacial score (nSPS) is 17.1. The Morgan fingerprint density at radius 1 is 1.43 bits per heavy atom. The first kappa shape index (κ1) is 17.5. The van der Waals surface area contributed by atoms with Crippen molar-refractivity contribution in [3.05, 3.63) is 11.6 Å². The molecular formula is C16H28N2O3. The summed E-state index contributed by atoms with van der Waals surface area (Å²) in [5, 5.41) is 11.6. The highest BCUT2D eigenvalue weighted by molar-refractivity contribution is 5.74. The Morgan fingerprint density at radius 2 is 2.10 bits per heavy atom. The van der Waals surface area contributed by atoms with Crippen LogP contribution in [-0.2, 0) is 4.79 Å². The van der Waals surface area contributed by atoms with E-state index in [0.29, 0.717) is 25.9 Å². The van der Waals surface area contributed by atoms with E-state index in [4.69, 9.17) is 5.11 Å². The van der Waals surface area contributed by atoms with Crippen molar-refractivity contribution in [3.8, 4) is 0 Å². The molecular weight excluding hydrogens is 268 g/mol. The smallest absolute Gasteiger partial charge is 0.317 e. The molecule has 2 N–H and O–H groups in total. The zero-order valence-corrected chi connectivity index (χ0v) is 13.6. The quantitative estimate of drug-likeness (QED) is 0.605. The van der Waals surface area contributed by atoms with Gasteiger partial charge in [0.1, 0.15) is 0 Å². The average Bonchev–Trinajstić information content (AvgIpc) is 2.42. The van der Waals surface area contributed by atoms with Gasteiger partial charge in [0.25, 0.3) is 0 Å². The van der Waals surface area contributed by atoms with Gasteiger partial charge in [0.15, 0.2) is 0 Å². The number of rotatable bonds is 5. The Hall–Kier alpha value is -1.52. The van der Waals surface area contributed by atoms with Crippen LogP contribution >= 0.6 is 0 Å². The number of carboxylic acids is 1. The predicted molar refractivity (Wildman–Crippen MR) is 83.2 cm³/mol. The number of nitrogens with one attached hydrogen (secondary N) is 1. The van der Waals surface area contributed by atoms with E-state index < -0.39 is 5.97 Å². The van der Waals surface area contributed by atoms with Crippen LogP contribution in [0.2, 0.25) is 0 Å². The summed E-state index contributed by atoms with van der Waals surface area (Å²) < 4.78 is 0. The van der Waals surface area contributed by atoms with Gasteiger partial charge in [-0.2, -0.15) is 0 Å². The van der Waals surface area contributed by atoms with E-state index in [2.05, 4.69) is 32.2 Å². The third-order valence-electron chi connectivity index (χ3n) is 3.97. The number of carboxylic acid groups (broad SMARTS) is 1. The summed E-state index contributed by atoms with van der Waals surface area (Å²) in [6.07, 6.45) is 4.35. The number of urea groups is 1. The molecule has 1 aliphatic heterocycles. The minimum absolute atomic E-state index is 0.0535. The van der Waals surface area contributed by atoms with Crippen molar-refractivity contribution in [2.24, 2.45) is 11.3 Å². The number of aliphatic carboxylic acids is 1.